The van der Waals surface area contributed by atoms with E-state index < -0.39 is 21.7 Å². The molecule has 1 fully saturated rings. The van der Waals surface area contributed by atoms with Gasteiger partial charge in [-0.3, -0.25) is 0 Å². The molecule has 0 amide bonds. The van der Waals surface area contributed by atoms with E-state index in [1.54, 1.807) is 13.1 Å². The molecule has 9 heteroatoms. The average molecular weight is 411 g/mol. The summed E-state index contributed by atoms with van der Waals surface area (Å²) in [7, 11) is -4.01. The first kappa shape index (κ1) is 20.8. The summed E-state index contributed by atoms with van der Waals surface area (Å²) in [5.74, 6) is -1.38. The van der Waals surface area contributed by atoms with Gasteiger partial charge in [-0.05, 0) is 38.8 Å². The van der Waals surface area contributed by atoms with Crippen LogP contribution in [0.4, 0.5) is 8.78 Å². The maximum atomic E-state index is 13.5. The molecule has 0 N–H and O–H groups in total. The molecule has 1 aromatic carbocycles. The Morgan fingerprint density at radius 2 is 1.96 bits per heavy atom. The molecule has 1 saturated heterocycles. The predicted molar refractivity (Wildman–Crippen MR) is 99.2 cm³/mol. The Kier molecular flexibility index (Phi) is 6.36. The van der Waals surface area contributed by atoms with E-state index in [-0.39, 0.29) is 17.4 Å². The topological polar surface area (TPSA) is 72.4 Å². The van der Waals surface area contributed by atoms with E-state index in [0.717, 1.165) is 29.8 Å². The number of aromatic nitrogens is 2. The molecule has 1 aromatic heterocycles. The van der Waals surface area contributed by atoms with Crippen molar-refractivity contribution < 1.29 is 21.9 Å². The molecular weight excluding hydrogens is 388 g/mol. The number of nitrogens with zero attached hydrogens (tertiary/aromatic N) is 3. The molecule has 152 valence electrons. The third-order valence-electron chi connectivity index (χ3n) is 4.72. The highest BCUT2D eigenvalue weighted by atomic mass is 32.2. The van der Waals surface area contributed by atoms with Gasteiger partial charge in [-0.1, -0.05) is 0 Å². The Labute approximate surface area is 163 Å². The van der Waals surface area contributed by atoms with Crippen molar-refractivity contribution in [2.24, 2.45) is 0 Å². The summed E-state index contributed by atoms with van der Waals surface area (Å²) in [4.78, 5) is 8.37. The lowest BCUT2D eigenvalue weighted by Gasteiger charge is -2.32. The van der Waals surface area contributed by atoms with Crippen molar-refractivity contribution in [1.29, 1.82) is 0 Å². The molecule has 1 aliphatic heterocycles. The Hall–Kier alpha value is -1.97. The molecule has 0 saturated carbocycles. The third kappa shape index (κ3) is 4.53. The van der Waals surface area contributed by atoms with Crippen LogP contribution in [-0.2, 0) is 21.4 Å². The molecule has 2 heterocycles. The summed E-state index contributed by atoms with van der Waals surface area (Å²) in [6.45, 7) is 5.05. The number of benzene rings is 1. The van der Waals surface area contributed by atoms with Crippen LogP contribution in [0, 0.1) is 18.6 Å². The van der Waals surface area contributed by atoms with Crippen LogP contribution >= 0.6 is 0 Å². The van der Waals surface area contributed by atoms with Gasteiger partial charge in [0.05, 0.1) is 17.2 Å². The zero-order valence-corrected chi connectivity index (χ0v) is 16.7. The molecule has 6 nitrogen and oxygen atoms in total. The van der Waals surface area contributed by atoms with Crippen molar-refractivity contribution in [2.75, 3.05) is 19.7 Å². The molecular formula is C19H23F2N3O3S. The molecule has 0 radical (unpaired) electrons. The number of ether oxygens (including phenoxy) is 1. The zero-order chi connectivity index (χ0) is 20.3. The van der Waals surface area contributed by atoms with E-state index in [4.69, 9.17) is 4.74 Å². The molecule has 1 atom stereocenters. The molecule has 3 rings (SSSR count). The Morgan fingerprint density at radius 1 is 1.25 bits per heavy atom. The number of sulfonamides is 1. The fraction of sp³-hybridized carbons (Fsp3) is 0.474. The van der Waals surface area contributed by atoms with Crippen LogP contribution in [0.5, 0.6) is 0 Å². The van der Waals surface area contributed by atoms with Crippen molar-refractivity contribution in [3.05, 3.63) is 53.1 Å². The summed E-state index contributed by atoms with van der Waals surface area (Å²) in [6.07, 6.45) is 3.10. The van der Waals surface area contributed by atoms with Crippen LogP contribution < -0.4 is 0 Å². The summed E-state index contributed by atoms with van der Waals surface area (Å²) < 4.78 is 59.7. The summed E-state index contributed by atoms with van der Waals surface area (Å²) in [5.41, 5.74) is 1.60. The van der Waals surface area contributed by atoms with E-state index in [0.29, 0.717) is 38.1 Å². The average Bonchev–Trinajstić information content (AvgIpc) is 2.66. The molecule has 28 heavy (non-hydrogen) atoms. The van der Waals surface area contributed by atoms with Crippen molar-refractivity contribution in [3.8, 4) is 0 Å². The number of piperidine rings is 1. The van der Waals surface area contributed by atoms with E-state index >= 15 is 0 Å². The van der Waals surface area contributed by atoms with Crippen LogP contribution in [0.25, 0.3) is 0 Å². The SMILES string of the molecule is CCOCc1cnc(C)nc1C1CCCN(S(=O)(=O)c2cc(F)cc(F)c2)C1. The van der Waals surface area contributed by atoms with Crippen LogP contribution in [0.2, 0.25) is 0 Å². The van der Waals surface area contributed by atoms with Gasteiger partial charge in [-0.15, -0.1) is 0 Å². The lowest BCUT2D eigenvalue weighted by Crippen LogP contribution is -2.39. The number of hydrogen-bond donors (Lipinski definition) is 0. The minimum atomic E-state index is -4.01. The second-order valence-electron chi connectivity index (χ2n) is 6.77. The number of aryl methyl sites for hydroxylation is 1. The number of rotatable bonds is 6. The van der Waals surface area contributed by atoms with Crippen molar-refractivity contribution in [1.82, 2.24) is 14.3 Å². The van der Waals surface area contributed by atoms with Crippen molar-refractivity contribution in [3.63, 3.8) is 0 Å². The van der Waals surface area contributed by atoms with E-state index in [9.17, 15) is 17.2 Å². The maximum Gasteiger partial charge on any atom is 0.243 e. The monoisotopic (exact) mass is 411 g/mol. The Balaban J connectivity index is 1.89. The summed E-state index contributed by atoms with van der Waals surface area (Å²) in [5, 5.41) is 0. The van der Waals surface area contributed by atoms with Gasteiger partial charge in [-0.2, -0.15) is 4.31 Å². The Morgan fingerprint density at radius 3 is 2.64 bits per heavy atom. The van der Waals surface area contributed by atoms with Crippen LogP contribution in [0.1, 0.15) is 42.8 Å². The molecule has 0 spiro atoms. The smallest absolute Gasteiger partial charge is 0.243 e. The molecule has 2 aromatic rings. The van der Waals surface area contributed by atoms with Gasteiger partial charge < -0.3 is 4.74 Å². The highest BCUT2D eigenvalue weighted by Crippen LogP contribution is 2.31. The van der Waals surface area contributed by atoms with E-state index in [1.807, 2.05) is 6.92 Å². The second-order valence-corrected chi connectivity index (χ2v) is 8.71. The van der Waals surface area contributed by atoms with Gasteiger partial charge in [0, 0.05) is 43.4 Å². The Bertz CT molecular complexity index is 933. The first-order valence-corrected chi connectivity index (χ1v) is 10.6. The predicted octanol–water partition coefficient (Wildman–Crippen LogP) is 3.17. The van der Waals surface area contributed by atoms with Crippen LogP contribution in [0.3, 0.4) is 0 Å². The summed E-state index contributed by atoms with van der Waals surface area (Å²) >= 11 is 0. The van der Waals surface area contributed by atoms with Crippen molar-refractivity contribution >= 4 is 10.0 Å². The van der Waals surface area contributed by atoms with Gasteiger partial charge >= 0.3 is 0 Å². The van der Waals surface area contributed by atoms with Gasteiger partial charge in [0.2, 0.25) is 10.0 Å². The van der Waals surface area contributed by atoms with E-state index in [1.165, 1.54) is 4.31 Å². The highest BCUT2D eigenvalue weighted by Gasteiger charge is 2.33. The first-order valence-electron chi connectivity index (χ1n) is 9.17. The van der Waals surface area contributed by atoms with Gasteiger partial charge in [0.25, 0.3) is 0 Å². The maximum absolute atomic E-state index is 13.5. The van der Waals surface area contributed by atoms with Gasteiger partial charge in [0.1, 0.15) is 17.5 Å². The molecule has 1 aliphatic rings. The lowest BCUT2D eigenvalue weighted by molar-refractivity contribution is 0.132. The van der Waals surface area contributed by atoms with E-state index in [2.05, 4.69) is 9.97 Å². The number of halogens is 2. The van der Waals surface area contributed by atoms with Gasteiger partial charge in [-0.25, -0.2) is 27.2 Å². The van der Waals surface area contributed by atoms with Crippen LogP contribution in [0.15, 0.2) is 29.3 Å². The van der Waals surface area contributed by atoms with Crippen LogP contribution in [-0.4, -0.2) is 42.4 Å². The molecule has 1 unspecified atom stereocenters. The minimum Gasteiger partial charge on any atom is -0.377 e. The molecule has 0 bridgehead atoms. The molecule has 0 aliphatic carbocycles. The van der Waals surface area contributed by atoms with Crippen molar-refractivity contribution in [2.45, 2.75) is 44.1 Å². The zero-order valence-electron chi connectivity index (χ0n) is 15.9. The summed E-state index contributed by atoms with van der Waals surface area (Å²) in [6, 6.07) is 2.34. The largest absolute Gasteiger partial charge is 0.377 e. The fourth-order valence-corrected chi connectivity index (χ4v) is 4.97. The first-order chi connectivity index (χ1) is 13.3. The second kappa shape index (κ2) is 8.59. The quantitative estimate of drug-likeness (QED) is 0.730. The van der Waals surface area contributed by atoms with Gasteiger partial charge in [0.15, 0.2) is 0 Å². The standard InChI is InChI=1S/C19H23F2N3O3S/c1-3-27-12-15-10-22-13(2)23-19(15)14-5-4-6-24(11-14)28(25,26)18-8-16(20)7-17(21)9-18/h7-10,14H,3-6,11-12H2,1-2H3. The number of hydrogen-bond acceptors (Lipinski definition) is 5. The normalized spacial score (nSPS) is 18.4. The minimum absolute atomic E-state index is 0.140. The highest BCUT2D eigenvalue weighted by molar-refractivity contribution is 7.89. The third-order valence-corrected chi connectivity index (χ3v) is 6.57. The fourth-order valence-electron chi connectivity index (χ4n) is 3.40. The lowest BCUT2D eigenvalue weighted by atomic mass is 9.93.